The van der Waals surface area contributed by atoms with E-state index in [0.29, 0.717) is 11.3 Å². The number of nitrogens with zero attached hydrogens (tertiary/aromatic N) is 1. The van der Waals surface area contributed by atoms with E-state index in [4.69, 9.17) is 0 Å². The Hall–Kier alpha value is -2.21. The fourth-order valence-corrected chi connectivity index (χ4v) is 2.06. The first kappa shape index (κ1) is 15.2. The molecule has 5 nitrogen and oxygen atoms in total. The number of benzene rings is 1. The molecule has 1 aromatic heterocycles. The highest BCUT2D eigenvalue weighted by Gasteiger charge is 2.19. The molecule has 0 saturated carbocycles. The molecule has 0 saturated heterocycles. The topological polar surface area (TPSA) is 78.0 Å². The average Bonchev–Trinajstić information content (AvgIpc) is 2.83. The zero-order valence-electron chi connectivity index (χ0n) is 11.9. The maximum Gasteiger partial charge on any atom is 0.226 e. The number of hydrogen-bond donors (Lipinski definition) is 3. The van der Waals surface area contributed by atoms with E-state index in [1.807, 2.05) is 6.92 Å². The Balaban J connectivity index is 1.92. The van der Waals surface area contributed by atoms with Crippen LogP contribution in [0.3, 0.4) is 0 Å². The first-order valence-corrected chi connectivity index (χ1v) is 6.69. The normalized spacial score (nSPS) is 13.7. The Morgan fingerprint density at radius 3 is 2.67 bits per heavy atom. The Morgan fingerprint density at radius 1 is 1.43 bits per heavy atom. The summed E-state index contributed by atoms with van der Waals surface area (Å²) in [6.07, 6.45) is -0.749. The molecule has 2 aromatic rings. The molecular formula is C15H18FN3O2. The third-order valence-corrected chi connectivity index (χ3v) is 3.17. The zero-order valence-corrected chi connectivity index (χ0v) is 11.9. The van der Waals surface area contributed by atoms with Crippen molar-refractivity contribution < 1.29 is 14.3 Å². The molecule has 0 bridgehead atoms. The van der Waals surface area contributed by atoms with Crippen molar-refractivity contribution in [2.45, 2.75) is 32.4 Å². The molecule has 0 radical (unpaired) electrons. The van der Waals surface area contributed by atoms with Gasteiger partial charge in [-0.25, -0.2) is 4.39 Å². The van der Waals surface area contributed by atoms with Crippen LogP contribution in [0.15, 0.2) is 30.3 Å². The van der Waals surface area contributed by atoms with Crippen LogP contribution < -0.4 is 5.32 Å². The molecule has 0 aliphatic carbocycles. The van der Waals surface area contributed by atoms with Gasteiger partial charge in [-0.15, -0.1) is 0 Å². The standard InChI is InChI=1S/C15H18FN3O2/c1-9-7-13(19-18-9)8-14(20)17-10(2)15(21)11-3-5-12(16)6-4-11/h3-7,10,15,21H,8H2,1-2H3,(H,17,20)(H,18,19). The van der Waals surface area contributed by atoms with E-state index in [1.54, 1.807) is 13.0 Å². The van der Waals surface area contributed by atoms with E-state index in [9.17, 15) is 14.3 Å². The van der Waals surface area contributed by atoms with Gasteiger partial charge in [0.15, 0.2) is 0 Å². The van der Waals surface area contributed by atoms with Crippen molar-refractivity contribution in [3.63, 3.8) is 0 Å². The maximum absolute atomic E-state index is 12.8. The average molecular weight is 291 g/mol. The number of aliphatic hydroxyl groups excluding tert-OH is 1. The van der Waals surface area contributed by atoms with Crippen molar-refractivity contribution in [3.8, 4) is 0 Å². The molecule has 6 heteroatoms. The largest absolute Gasteiger partial charge is 0.386 e. The fourth-order valence-electron chi connectivity index (χ4n) is 2.06. The molecular weight excluding hydrogens is 273 g/mol. The highest BCUT2D eigenvalue weighted by atomic mass is 19.1. The van der Waals surface area contributed by atoms with Crippen LogP contribution in [0.4, 0.5) is 4.39 Å². The summed E-state index contributed by atoms with van der Waals surface area (Å²) in [6.45, 7) is 3.55. The lowest BCUT2D eigenvalue weighted by Gasteiger charge is -2.20. The van der Waals surface area contributed by atoms with E-state index < -0.39 is 12.1 Å². The van der Waals surface area contributed by atoms with Gasteiger partial charge in [0.25, 0.3) is 0 Å². The molecule has 0 aliphatic rings. The molecule has 1 heterocycles. The predicted molar refractivity (Wildman–Crippen MR) is 76.0 cm³/mol. The summed E-state index contributed by atoms with van der Waals surface area (Å²) in [5.41, 5.74) is 2.09. The molecule has 0 spiro atoms. The van der Waals surface area contributed by atoms with Gasteiger partial charge < -0.3 is 10.4 Å². The van der Waals surface area contributed by atoms with Crippen molar-refractivity contribution in [3.05, 3.63) is 53.1 Å². The Labute approximate surface area is 122 Å². The molecule has 1 amide bonds. The lowest BCUT2D eigenvalue weighted by molar-refractivity contribution is -0.121. The second kappa shape index (κ2) is 6.49. The van der Waals surface area contributed by atoms with E-state index in [1.165, 1.54) is 24.3 Å². The zero-order chi connectivity index (χ0) is 15.4. The first-order valence-electron chi connectivity index (χ1n) is 6.69. The molecule has 2 rings (SSSR count). The van der Waals surface area contributed by atoms with Crippen LogP contribution in [0.1, 0.15) is 30.0 Å². The number of aromatic nitrogens is 2. The summed E-state index contributed by atoms with van der Waals surface area (Å²) in [7, 11) is 0. The van der Waals surface area contributed by atoms with Gasteiger partial charge in [0.2, 0.25) is 5.91 Å². The number of rotatable bonds is 5. The number of H-pyrrole nitrogens is 1. The number of aromatic amines is 1. The monoisotopic (exact) mass is 291 g/mol. The summed E-state index contributed by atoms with van der Waals surface area (Å²) in [5.74, 6) is -0.591. The number of aryl methyl sites for hydroxylation is 1. The molecule has 21 heavy (non-hydrogen) atoms. The van der Waals surface area contributed by atoms with Crippen LogP contribution in [-0.4, -0.2) is 27.3 Å². The molecule has 3 N–H and O–H groups in total. The van der Waals surface area contributed by atoms with Gasteiger partial charge in [-0.3, -0.25) is 9.89 Å². The predicted octanol–water partition coefficient (Wildman–Crippen LogP) is 1.64. The summed E-state index contributed by atoms with van der Waals surface area (Å²) < 4.78 is 12.8. The second-order valence-electron chi connectivity index (χ2n) is 5.07. The van der Waals surface area contributed by atoms with Crippen molar-refractivity contribution in [2.75, 3.05) is 0 Å². The van der Waals surface area contributed by atoms with Gasteiger partial charge in [-0.2, -0.15) is 5.10 Å². The van der Waals surface area contributed by atoms with Gasteiger partial charge in [0.1, 0.15) is 5.82 Å². The summed E-state index contributed by atoms with van der Waals surface area (Å²) in [4.78, 5) is 11.9. The highest BCUT2D eigenvalue weighted by molar-refractivity contribution is 5.78. The number of hydrogen-bond acceptors (Lipinski definition) is 3. The lowest BCUT2D eigenvalue weighted by atomic mass is 10.0. The molecule has 2 atom stereocenters. The number of carbonyl (C=O) groups is 1. The van der Waals surface area contributed by atoms with Crippen LogP contribution in [-0.2, 0) is 11.2 Å². The fraction of sp³-hybridized carbons (Fsp3) is 0.333. The summed E-state index contributed by atoms with van der Waals surface area (Å²) in [5, 5.41) is 19.6. The van der Waals surface area contributed by atoms with Crippen LogP contribution in [0, 0.1) is 12.7 Å². The maximum atomic E-state index is 12.8. The molecule has 0 fully saturated rings. The minimum Gasteiger partial charge on any atom is -0.386 e. The van der Waals surface area contributed by atoms with Crippen LogP contribution in [0.2, 0.25) is 0 Å². The Morgan fingerprint density at radius 2 is 2.10 bits per heavy atom. The molecule has 0 aliphatic heterocycles. The molecule has 2 unspecified atom stereocenters. The number of carbonyl (C=O) groups excluding carboxylic acids is 1. The third-order valence-electron chi connectivity index (χ3n) is 3.17. The molecule has 112 valence electrons. The van der Waals surface area contributed by atoms with Gasteiger partial charge in [-0.1, -0.05) is 12.1 Å². The van der Waals surface area contributed by atoms with Crippen LogP contribution in [0.25, 0.3) is 0 Å². The van der Waals surface area contributed by atoms with Crippen LogP contribution in [0.5, 0.6) is 0 Å². The Kier molecular flexibility index (Phi) is 4.70. The Bertz CT molecular complexity index is 610. The van der Waals surface area contributed by atoms with E-state index in [0.717, 1.165) is 5.69 Å². The van der Waals surface area contributed by atoms with Crippen molar-refractivity contribution in [2.24, 2.45) is 0 Å². The van der Waals surface area contributed by atoms with Gasteiger partial charge in [0.05, 0.1) is 24.3 Å². The minimum atomic E-state index is -0.893. The number of aliphatic hydroxyl groups is 1. The SMILES string of the molecule is Cc1cc(CC(=O)NC(C)C(O)c2ccc(F)cc2)n[nH]1. The first-order chi connectivity index (χ1) is 9.95. The van der Waals surface area contributed by atoms with E-state index in [2.05, 4.69) is 15.5 Å². The summed E-state index contributed by atoms with van der Waals surface area (Å²) >= 11 is 0. The van der Waals surface area contributed by atoms with E-state index >= 15 is 0 Å². The molecule has 1 aromatic carbocycles. The van der Waals surface area contributed by atoms with Gasteiger partial charge in [0, 0.05) is 5.69 Å². The number of halogens is 1. The van der Waals surface area contributed by atoms with E-state index in [-0.39, 0.29) is 18.1 Å². The summed E-state index contributed by atoms with van der Waals surface area (Å²) in [6, 6.07) is 6.86. The lowest BCUT2D eigenvalue weighted by Crippen LogP contribution is -2.38. The quantitative estimate of drug-likeness (QED) is 0.783. The number of amides is 1. The third kappa shape index (κ3) is 4.13. The highest BCUT2D eigenvalue weighted by Crippen LogP contribution is 2.17. The number of nitrogens with one attached hydrogen (secondary N) is 2. The van der Waals surface area contributed by atoms with Crippen molar-refractivity contribution in [1.82, 2.24) is 15.5 Å². The van der Waals surface area contributed by atoms with Gasteiger partial charge in [-0.05, 0) is 37.6 Å². The smallest absolute Gasteiger partial charge is 0.226 e. The second-order valence-corrected chi connectivity index (χ2v) is 5.07. The minimum absolute atomic E-state index is 0.144. The van der Waals surface area contributed by atoms with Crippen LogP contribution >= 0.6 is 0 Å². The van der Waals surface area contributed by atoms with Crippen molar-refractivity contribution in [1.29, 1.82) is 0 Å². The van der Waals surface area contributed by atoms with Gasteiger partial charge >= 0.3 is 0 Å². The van der Waals surface area contributed by atoms with Crippen molar-refractivity contribution >= 4 is 5.91 Å².